The Balaban J connectivity index is 1.64. The van der Waals surface area contributed by atoms with Gasteiger partial charge in [0, 0.05) is 17.8 Å². The number of ether oxygens (including phenoxy) is 1. The smallest absolute Gasteiger partial charge is 0.338 e. The molecular formula is C19H16N4O5. The monoisotopic (exact) mass is 380 g/mol. The molecule has 28 heavy (non-hydrogen) atoms. The van der Waals surface area contributed by atoms with Crippen molar-refractivity contribution >= 4 is 34.3 Å². The number of fused-ring (bicyclic) bond motifs is 1. The average molecular weight is 380 g/mol. The summed E-state index contributed by atoms with van der Waals surface area (Å²) < 4.78 is 5.01. The van der Waals surface area contributed by atoms with Gasteiger partial charge in [-0.05, 0) is 38.1 Å². The normalized spacial score (nSPS) is 10.5. The number of aryl methyl sites for hydroxylation is 2. The molecule has 0 aliphatic carbocycles. The number of benzene rings is 2. The second-order valence-corrected chi connectivity index (χ2v) is 6.03. The highest BCUT2D eigenvalue weighted by atomic mass is 16.6. The number of carbonyl (C=O) groups excluding carboxylic acids is 2. The van der Waals surface area contributed by atoms with Crippen LogP contribution in [-0.2, 0) is 9.53 Å². The van der Waals surface area contributed by atoms with Gasteiger partial charge in [-0.1, -0.05) is 6.07 Å². The molecule has 1 amide bonds. The molecule has 0 radical (unpaired) electrons. The van der Waals surface area contributed by atoms with Crippen molar-refractivity contribution in [1.82, 2.24) is 9.97 Å². The Kier molecular flexibility index (Phi) is 5.25. The Morgan fingerprint density at radius 2 is 1.79 bits per heavy atom. The van der Waals surface area contributed by atoms with E-state index in [-0.39, 0.29) is 16.9 Å². The quantitative estimate of drug-likeness (QED) is 0.410. The topological polar surface area (TPSA) is 124 Å². The molecule has 1 aromatic heterocycles. The minimum Gasteiger partial charge on any atom is -0.452 e. The van der Waals surface area contributed by atoms with Gasteiger partial charge in [-0.15, -0.1) is 0 Å². The highest BCUT2D eigenvalue weighted by Crippen LogP contribution is 2.17. The number of anilines is 1. The first-order valence-corrected chi connectivity index (χ1v) is 8.30. The van der Waals surface area contributed by atoms with Crippen LogP contribution in [-0.4, -0.2) is 33.4 Å². The number of hydrogen-bond acceptors (Lipinski definition) is 7. The van der Waals surface area contributed by atoms with Gasteiger partial charge in [0.1, 0.15) is 0 Å². The number of non-ortho nitro benzene ring substituents is 1. The molecule has 0 saturated carbocycles. The molecule has 2 aromatic carbocycles. The number of nitrogens with zero attached hydrogens (tertiary/aromatic N) is 3. The molecule has 0 aliphatic heterocycles. The van der Waals surface area contributed by atoms with Crippen molar-refractivity contribution in [3.05, 3.63) is 69.5 Å². The van der Waals surface area contributed by atoms with Crippen molar-refractivity contribution in [1.29, 1.82) is 0 Å². The molecule has 0 aliphatic rings. The van der Waals surface area contributed by atoms with E-state index in [4.69, 9.17) is 4.74 Å². The van der Waals surface area contributed by atoms with Gasteiger partial charge in [0.05, 0.1) is 32.9 Å². The average Bonchev–Trinajstić information content (AvgIpc) is 2.67. The lowest BCUT2D eigenvalue weighted by molar-refractivity contribution is -0.384. The Morgan fingerprint density at radius 1 is 1.07 bits per heavy atom. The van der Waals surface area contributed by atoms with Crippen molar-refractivity contribution in [3.8, 4) is 0 Å². The molecule has 0 fully saturated rings. The molecule has 0 atom stereocenters. The number of nitro groups is 1. The highest BCUT2D eigenvalue weighted by molar-refractivity contribution is 5.97. The molecule has 9 heteroatoms. The number of carbonyl (C=O) groups is 2. The molecule has 1 heterocycles. The van der Waals surface area contributed by atoms with Crippen molar-refractivity contribution in [3.63, 3.8) is 0 Å². The van der Waals surface area contributed by atoms with Gasteiger partial charge in [0.2, 0.25) is 0 Å². The third kappa shape index (κ3) is 4.26. The maximum atomic E-state index is 12.2. The number of rotatable bonds is 5. The molecule has 0 unspecified atom stereocenters. The third-order valence-corrected chi connectivity index (χ3v) is 3.99. The van der Waals surface area contributed by atoms with E-state index in [0.717, 1.165) is 11.4 Å². The molecule has 9 nitrogen and oxygen atoms in total. The summed E-state index contributed by atoms with van der Waals surface area (Å²) in [4.78, 5) is 43.1. The lowest BCUT2D eigenvalue weighted by Gasteiger charge is -2.08. The Bertz CT molecular complexity index is 1100. The van der Waals surface area contributed by atoms with Crippen molar-refractivity contribution in [2.45, 2.75) is 13.8 Å². The number of nitrogens with one attached hydrogen (secondary N) is 1. The molecular weight excluding hydrogens is 364 g/mol. The zero-order valence-electron chi connectivity index (χ0n) is 15.1. The van der Waals surface area contributed by atoms with E-state index in [2.05, 4.69) is 15.3 Å². The number of nitro benzene ring substituents is 1. The first kappa shape index (κ1) is 18.9. The predicted octanol–water partition coefficient (Wildman–Crippen LogP) is 2.95. The Labute approximate surface area is 159 Å². The number of esters is 1. The Morgan fingerprint density at radius 3 is 2.50 bits per heavy atom. The van der Waals surface area contributed by atoms with Crippen LogP contribution in [0.1, 0.15) is 21.7 Å². The zero-order chi connectivity index (χ0) is 20.3. The summed E-state index contributed by atoms with van der Waals surface area (Å²) in [5.41, 5.74) is 3.10. The number of amides is 1. The van der Waals surface area contributed by atoms with Gasteiger partial charge in [0.15, 0.2) is 6.61 Å². The summed E-state index contributed by atoms with van der Waals surface area (Å²) in [6.07, 6.45) is 0. The van der Waals surface area contributed by atoms with Crippen LogP contribution in [0.4, 0.5) is 11.4 Å². The molecule has 0 bridgehead atoms. The van der Waals surface area contributed by atoms with Gasteiger partial charge in [-0.3, -0.25) is 14.9 Å². The van der Waals surface area contributed by atoms with Crippen molar-refractivity contribution < 1.29 is 19.2 Å². The minimum atomic E-state index is -0.684. The highest BCUT2D eigenvalue weighted by Gasteiger charge is 2.13. The summed E-state index contributed by atoms with van der Waals surface area (Å²) in [6.45, 7) is 3.15. The lowest BCUT2D eigenvalue weighted by atomic mass is 10.2. The summed E-state index contributed by atoms with van der Waals surface area (Å²) in [5, 5.41) is 13.2. The van der Waals surface area contributed by atoms with Crippen molar-refractivity contribution in [2.24, 2.45) is 0 Å². The van der Waals surface area contributed by atoms with E-state index in [0.29, 0.717) is 11.0 Å². The van der Waals surface area contributed by atoms with Crippen LogP contribution in [0.25, 0.3) is 11.0 Å². The van der Waals surface area contributed by atoms with E-state index in [1.807, 2.05) is 13.8 Å². The fourth-order valence-electron chi connectivity index (χ4n) is 2.47. The first-order valence-electron chi connectivity index (χ1n) is 8.30. The zero-order valence-corrected chi connectivity index (χ0v) is 15.1. The molecule has 0 saturated heterocycles. The van der Waals surface area contributed by atoms with Crippen LogP contribution in [0.2, 0.25) is 0 Å². The standard InChI is InChI=1S/C19H16N4O5/c1-11-12(2)21-17-8-13(6-7-16(17)20-11)19(25)28-10-18(24)22-14-4-3-5-15(9-14)23(26)27/h3-9H,10H2,1-2H3,(H,22,24). The van der Waals surface area contributed by atoms with E-state index in [1.165, 1.54) is 24.3 Å². The fraction of sp³-hybridized carbons (Fsp3) is 0.158. The van der Waals surface area contributed by atoms with Crippen LogP contribution in [0.3, 0.4) is 0 Å². The van der Waals surface area contributed by atoms with Crippen LogP contribution in [0, 0.1) is 24.0 Å². The number of aromatic nitrogens is 2. The van der Waals surface area contributed by atoms with E-state index < -0.39 is 23.4 Å². The van der Waals surface area contributed by atoms with E-state index in [9.17, 15) is 19.7 Å². The molecule has 3 aromatic rings. The van der Waals surface area contributed by atoms with E-state index in [1.54, 1.807) is 18.2 Å². The maximum absolute atomic E-state index is 12.2. The van der Waals surface area contributed by atoms with Gasteiger partial charge in [-0.25, -0.2) is 14.8 Å². The maximum Gasteiger partial charge on any atom is 0.338 e. The van der Waals surface area contributed by atoms with Crippen LogP contribution in [0.5, 0.6) is 0 Å². The fourth-order valence-corrected chi connectivity index (χ4v) is 2.47. The van der Waals surface area contributed by atoms with Gasteiger partial charge in [-0.2, -0.15) is 0 Å². The lowest BCUT2D eigenvalue weighted by Crippen LogP contribution is -2.21. The molecule has 142 valence electrons. The van der Waals surface area contributed by atoms with Gasteiger partial charge >= 0.3 is 5.97 Å². The van der Waals surface area contributed by atoms with Gasteiger partial charge < -0.3 is 10.1 Å². The van der Waals surface area contributed by atoms with Gasteiger partial charge in [0.25, 0.3) is 11.6 Å². The van der Waals surface area contributed by atoms with Crippen LogP contribution < -0.4 is 5.32 Å². The van der Waals surface area contributed by atoms with E-state index >= 15 is 0 Å². The summed E-state index contributed by atoms with van der Waals surface area (Å²) in [5.74, 6) is -1.29. The first-order chi connectivity index (χ1) is 13.3. The Hall–Kier alpha value is -3.88. The molecule has 3 rings (SSSR count). The van der Waals surface area contributed by atoms with Crippen molar-refractivity contribution in [2.75, 3.05) is 11.9 Å². The predicted molar refractivity (Wildman–Crippen MR) is 101 cm³/mol. The number of hydrogen-bond donors (Lipinski definition) is 1. The largest absolute Gasteiger partial charge is 0.452 e. The third-order valence-electron chi connectivity index (χ3n) is 3.99. The summed E-state index contributed by atoms with van der Waals surface area (Å²) >= 11 is 0. The van der Waals surface area contributed by atoms with Crippen LogP contribution >= 0.6 is 0 Å². The minimum absolute atomic E-state index is 0.155. The van der Waals surface area contributed by atoms with Crippen LogP contribution in [0.15, 0.2) is 42.5 Å². The molecule has 1 N–H and O–H groups in total. The second kappa shape index (κ2) is 7.78. The summed E-state index contributed by atoms with van der Waals surface area (Å²) in [7, 11) is 0. The molecule has 0 spiro atoms. The second-order valence-electron chi connectivity index (χ2n) is 6.03. The summed E-state index contributed by atoms with van der Waals surface area (Å²) in [6, 6.07) is 10.2. The SMILES string of the molecule is Cc1nc2ccc(C(=O)OCC(=O)Nc3cccc([N+](=O)[O-])c3)cc2nc1C.